The molecule has 23 heavy (non-hydrogen) atoms. The van der Waals surface area contributed by atoms with E-state index < -0.39 is 0 Å². The zero-order chi connectivity index (χ0) is 15.6. The lowest BCUT2D eigenvalue weighted by molar-refractivity contribution is 0.103. The number of carbonyl (C=O) groups is 1. The molecule has 2 aromatic heterocycles. The van der Waals surface area contributed by atoms with Crippen LogP contribution in [0, 0.1) is 0 Å². The van der Waals surface area contributed by atoms with E-state index in [-0.39, 0.29) is 5.78 Å². The Bertz CT molecular complexity index is 906. The van der Waals surface area contributed by atoms with Crippen LogP contribution >= 0.6 is 0 Å². The third-order valence-corrected chi connectivity index (χ3v) is 3.47. The van der Waals surface area contributed by atoms with Gasteiger partial charge in [-0.05, 0) is 6.08 Å². The van der Waals surface area contributed by atoms with Gasteiger partial charge in [-0.2, -0.15) is 10.2 Å². The van der Waals surface area contributed by atoms with Gasteiger partial charge < -0.3 is 5.32 Å². The van der Waals surface area contributed by atoms with E-state index >= 15 is 0 Å². The highest BCUT2D eigenvalue weighted by molar-refractivity contribution is 6.27. The fraction of sp³-hybridized carbons (Fsp3) is 0. The number of aromatic nitrogens is 4. The van der Waals surface area contributed by atoms with Crippen LogP contribution in [0.5, 0.6) is 0 Å². The number of nitrogens with one attached hydrogen (secondary N) is 3. The maximum atomic E-state index is 12.7. The molecule has 0 atom stereocenters. The first kappa shape index (κ1) is 13.2. The zero-order valence-corrected chi connectivity index (χ0v) is 11.9. The predicted octanol–water partition coefficient (Wildman–Crippen LogP) is 2.45. The van der Waals surface area contributed by atoms with Crippen molar-refractivity contribution in [1.29, 1.82) is 0 Å². The van der Waals surface area contributed by atoms with Crippen molar-refractivity contribution in [2.45, 2.75) is 0 Å². The molecule has 3 N–H and O–H groups in total. The Morgan fingerprint density at radius 1 is 0.957 bits per heavy atom. The van der Waals surface area contributed by atoms with E-state index in [4.69, 9.17) is 0 Å². The molecule has 0 radical (unpaired) electrons. The Morgan fingerprint density at radius 2 is 1.74 bits per heavy atom. The highest BCUT2D eigenvalue weighted by Gasteiger charge is 2.24. The molecule has 1 aliphatic rings. The van der Waals surface area contributed by atoms with Crippen molar-refractivity contribution < 1.29 is 4.79 Å². The molecular weight excluding hydrogens is 292 g/mol. The van der Waals surface area contributed by atoms with Gasteiger partial charge >= 0.3 is 0 Å². The van der Waals surface area contributed by atoms with Gasteiger partial charge in [-0.15, -0.1) is 0 Å². The molecule has 2 heterocycles. The molecule has 7 heteroatoms. The second-order valence-corrected chi connectivity index (χ2v) is 4.97. The fourth-order valence-corrected chi connectivity index (χ4v) is 2.43. The Balaban J connectivity index is 1.81. The van der Waals surface area contributed by atoms with Crippen molar-refractivity contribution in [3.05, 3.63) is 71.7 Å². The monoisotopic (exact) mass is 304 g/mol. The third-order valence-electron chi connectivity index (χ3n) is 3.47. The standard InChI is InChI=1S/C16H12N6O/c23-16-11-4-2-1-3-10(11)12(19-14-5-7-17-21-14)9-13(16)20-15-6-8-18-22-15/h1-9H,(H,17,21)(H2,18,20,22)/b19-12+. The van der Waals surface area contributed by atoms with Gasteiger partial charge in [0.1, 0.15) is 11.6 Å². The van der Waals surface area contributed by atoms with Crippen LogP contribution in [-0.4, -0.2) is 31.9 Å². The molecule has 4 rings (SSSR count). The maximum Gasteiger partial charge on any atom is 0.209 e. The summed E-state index contributed by atoms with van der Waals surface area (Å²) in [5, 5.41) is 16.4. The van der Waals surface area contributed by atoms with E-state index in [9.17, 15) is 4.79 Å². The lowest BCUT2D eigenvalue weighted by atomic mass is 9.92. The number of Topliss-reactive ketones (excluding diaryl/α,β-unsaturated/α-hetero) is 1. The zero-order valence-electron chi connectivity index (χ0n) is 11.9. The number of nitrogens with zero attached hydrogens (tertiary/aromatic N) is 3. The molecule has 0 unspecified atom stereocenters. The van der Waals surface area contributed by atoms with Crippen molar-refractivity contribution in [3.8, 4) is 0 Å². The molecule has 112 valence electrons. The largest absolute Gasteiger partial charge is 0.337 e. The minimum Gasteiger partial charge on any atom is -0.337 e. The van der Waals surface area contributed by atoms with Crippen LogP contribution in [0.15, 0.2) is 65.6 Å². The van der Waals surface area contributed by atoms with Crippen LogP contribution < -0.4 is 5.32 Å². The molecule has 0 spiro atoms. The van der Waals surface area contributed by atoms with E-state index in [0.29, 0.717) is 28.6 Å². The molecule has 0 saturated heterocycles. The molecule has 3 aromatic rings. The van der Waals surface area contributed by atoms with Gasteiger partial charge in [-0.3, -0.25) is 15.0 Å². The Kier molecular flexibility index (Phi) is 3.09. The van der Waals surface area contributed by atoms with Crippen LogP contribution in [0.2, 0.25) is 0 Å². The summed E-state index contributed by atoms with van der Waals surface area (Å²) in [4.78, 5) is 17.2. The summed E-state index contributed by atoms with van der Waals surface area (Å²) in [5.41, 5.74) is 2.52. The summed E-state index contributed by atoms with van der Waals surface area (Å²) >= 11 is 0. The summed E-state index contributed by atoms with van der Waals surface area (Å²) in [6.07, 6.45) is 4.98. The number of aromatic amines is 2. The Labute approximate surface area is 131 Å². The Hall–Kier alpha value is -3.48. The fourth-order valence-electron chi connectivity index (χ4n) is 2.43. The molecule has 0 aliphatic heterocycles. The minimum absolute atomic E-state index is 0.0845. The number of aliphatic imine (C=N–C) groups is 1. The molecule has 0 fully saturated rings. The quantitative estimate of drug-likeness (QED) is 0.692. The summed E-state index contributed by atoms with van der Waals surface area (Å²) in [6.45, 7) is 0. The van der Waals surface area contributed by atoms with E-state index in [1.807, 2.05) is 18.2 Å². The minimum atomic E-state index is -0.0845. The third kappa shape index (κ3) is 2.44. The van der Waals surface area contributed by atoms with Gasteiger partial charge in [0.25, 0.3) is 0 Å². The van der Waals surface area contributed by atoms with Crippen LogP contribution in [-0.2, 0) is 0 Å². The Morgan fingerprint density at radius 3 is 2.48 bits per heavy atom. The summed E-state index contributed by atoms with van der Waals surface area (Å²) in [6, 6.07) is 10.9. The van der Waals surface area contributed by atoms with Gasteiger partial charge in [0.05, 0.1) is 23.8 Å². The number of benzene rings is 1. The van der Waals surface area contributed by atoms with E-state index in [1.54, 1.807) is 36.7 Å². The van der Waals surface area contributed by atoms with Crippen LogP contribution in [0.4, 0.5) is 11.6 Å². The topological polar surface area (TPSA) is 98.8 Å². The molecule has 0 bridgehead atoms. The molecule has 1 aliphatic carbocycles. The highest BCUT2D eigenvalue weighted by Crippen LogP contribution is 2.24. The van der Waals surface area contributed by atoms with Gasteiger partial charge in [0.15, 0.2) is 0 Å². The first-order valence-electron chi connectivity index (χ1n) is 7.01. The molecule has 7 nitrogen and oxygen atoms in total. The van der Waals surface area contributed by atoms with Crippen LogP contribution in [0.25, 0.3) is 0 Å². The van der Waals surface area contributed by atoms with E-state index in [0.717, 1.165) is 5.56 Å². The van der Waals surface area contributed by atoms with Crippen molar-refractivity contribution in [3.63, 3.8) is 0 Å². The first-order chi connectivity index (χ1) is 11.3. The van der Waals surface area contributed by atoms with Crippen molar-refractivity contribution >= 4 is 23.1 Å². The number of hydrogen-bond donors (Lipinski definition) is 3. The SMILES string of the molecule is O=C1C(Nc2ccn[nH]2)=C/C(=N\c2ccn[nH]2)c2ccccc21. The van der Waals surface area contributed by atoms with Crippen molar-refractivity contribution in [2.24, 2.45) is 4.99 Å². The molecular formula is C16H12N6O. The second-order valence-electron chi connectivity index (χ2n) is 4.97. The summed E-state index contributed by atoms with van der Waals surface area (Å²) in [7, 11) is 0. The number of fused-ring (bicyclic) bond motifs is 1. The first-order valence-corrected chi connectivity index (χ1v) is 7.01. The highest BCUT2D eigenvalue weighted by atomic mass is 16.1. The van der Waals surface area contributed by atoms with Gasteiger partial charge in [-0.25, -0.2) is 4.99 Å². The number of ketones is 1. The number of hydrogen-bond acceptors (Lipinski definition) is 5. The number of allylic oxidation sites excluding steroid dienone is 2. The normalized spacial score (nSPS) is 15.4. The average Bonchev–Trinajstić information content (AvgIpc) is 3.26. The second kappa shape index (κ2) is 5.38. The predicted molar refractivity (Wildman–Crippen MR) is 85.9 cm³/mol. The maximum absolute atomic E-state index is 12.7. The van der Waals surface area contributed by atoms with Crippen molar-refractivity contribution in [1.82, 2.24) is 20.4 Å². The van der Waals surface area contributed by atoms with E-state index in [2.05, 4.69) is 30.7 Å². The molecule has 1 aromatic carbocycles. The number of H-pyrrole nitrogens is 2. The molecule has 0 saturated carbocycles. The van der Waals surface area contributed by atoms with Crippen molar-refractivity contribution in [2.75, 3.05) is 5.32 Å². The van der Waals surface area contributed by atoms with Crippen LogP contribution in [0.1, 0.15) is 15.9 Å². The van der Waals surface area contributed by atoms with Crippen LogP contribution in [0.3, 0.4) is 0 Å². The summed E-state index contributed by atoms with van der Waals surface area (Å²) in [5.74, 6) is 1.19. The van der Waals surface area contributed by atoms with E-state index in [1.165, 1.54) is 0 Å². The van der Waals surface area contributed by atoms with Gasteiger partial charge in [-0.1, -0.05) is 24.3 Å². The lowest BCUT2D eigenvalue weighted by Crippen LogP contribution is -2.22. The number of carbonyl (C=O) groups excluding carboxylic acids is 1. The summed E-state index contributed by atoms with van der Waals surface area (Å²) < 4.78 is 0. The number of rotatable bonds is 3. The number of anilines is 1. The lowest BCUT2D eigenvalue weighted by Gasteiger charge is -2.17. The van der Waals surface area contributed by atoms with Gasteiger partial charge in [0.2, 0.25) is 5.78 Å². The smallest absolute Gasteiger partial charge is 0.209 e. The van der Waals surface area contributed by atoms with Gasteiger partial charge in [0, 0.05) is 23.3 Å². The molecule has 0 amide bonds. The average molecular weight is 304 g/mol.